The van der Waals surface area contributed by atoms with Crippen molar-refractivity contribution in [3.8, 4) is 0 Å². The van der Waals surface area contributed by atoms with Crippen LogP contribution in [0.2, 0.25) is 5.04 Å². The van der Waals surface area contributed by atoms with Crippen molar-refractivity contribution >= 4 is 42.4 Å². The van der Waals surface area contributed by atoms with Gasteiger partial charge in [0.15, 0.2) is 6.10 Å². The van der Waals surface area contributed by atoms with Crippen LogP contribution in [0.3, 0.4) is 0 Å². The fourth-order valence-electron chi connectivity index (χ4n) is 6.14. The summed E-state index contributed by atoms with van der Waals surface area (Å²) in [6.45, 7) is 18.5. The van der Waals surface area contributed by atoms with Gasteiger partial charge in [-0.05, 0) is 72.8 Å². The molecule has 0 aliphatic carbocycles. The van der Waals surface area contributed by atoms with Crippen molar-refractivity contribution in [1.82, 2.24) is 0 Å². The largest absolute Gasteiger partial charge is 0.456 e. The topological polar surface area (TPSA) is 71.1 Å². The zero-order valence-corrected chi connectivity index (χ0v) is 32.4. The molecule has 48 heavy (non-hydrogen) atoms. The Balaban J connectivity index is 2.38. The summed E-state index contributed by atoms with van der Waals surface area (Å²) in [5, 5.41) is 1.94. The quantitative estimate of drug-likeness (QED) is 0.102. The number of cyclic esters (lactones) is 1. The second-order valence-corrected chi connectivity index (χ2v) is 19.2. The standard InChI is InChI=1S/C40H56O6SSi/c1-11-29(4)34-24-22-30(5)37(46-48(40(7,8)9,32-18-14-12-15-19-32)33-20-16-13-17-21-33)38(45-36(41)26-28(2)3)35(43-27-47-10)25-23-31(6)39(42)44-34/h11-23,28,34-35,37-38H,24-27H2,1-10H3/t34-,35?,37-,38-/m1/s1. The van der Waals surface area contributed by atoms with Crippen LogP contribution in [0.1, 0.15) is 81.6 Å². The minimum Gasteiger partial charge on any atom is -0.456 e. The van der Waals surface area contributed by atoms with Crippen molar-refractivity contribution in [3.63, 3.8) is 0 Å². The lowest BCUT2D eigenvalue weighted by atomic mass is 9.95. The molecule has 8 heteroatoms. The van der Waals surface area contributed by atoms with E-state index in [9.17, 15) is 9.59 Å². The van der Waals surface area contributed by atoms with Gasteiger partial charge in [-0.3, -0.25) is 4.79 Å². The zero-order valence-electron chi connectivity index (χ0n) is 30.6. The Morgan fingerprint density at radius 1 is 1.00 bits per heavy atom. The van der Waals surface area contributed by atoms with E-state index in [0.717, 1.165) is 21.5 Å². The van der Waals surface area contributed by atoms with Crippen molar-refractivity contribution < 1.29 is 28.2 Å². The predicted molar refractivity (Wildman–Crippen MR) is 201 cm³/mol. The van der Waals surface area contributed by atoms with Gasteiger partial charge in [-0.2, -0.15) is 0 Å². The Labute approximate surface area is 294 Å². The molecular weight excluding hydrogens is 637 g/mol. The van der Waals surface area contributed by atoms with Crippen molar-refractivity contribution in [2.45, 2.75) is 111 Å². The third-order valence-corrected chi connectivity index (χ3v) is 14.3. The molecule has 0 amide bonds. The van der Waals surface area contributed by atoms with Crippen LogP contribution in [0.5, 0.6) is 0 Å². The molecule has 0 bridgehead atoms. The number of carbonyl (C=O) groups is 2. The zero-order chi connectivity index (χ0) is 35.5. The number of allylic oxidation sites excluding steroid dienone is 1. The van der Waals surface area contributed by atoms with Gasteiger partial charge in [-0.1, -0.05) is 114 Å². The molecule has 262 valence electrons. The van der Waals surface area contributed by atoms with Crippen molar-refractivity contribution in [2.75, 3.05) is 12.2 Å². The number of ether oxygens (including phenoxy) is 3. The molecule has 2 aromatic rings. The Hall–Kier alpha value is -2.91. The maximum atomic E-state index is 13.6. The fourth-order valence-corrected chi connectivity index (χ4v) is 11.2. The molecule has 1 unspecified atom stereocenters. The number of rotatable bonds is 11. The van der Waals surface area contributed by atoms with Crippen molar-refractivity contribution in [3.05, 3.63) is 95.6 Å². The van der Waals surface area contributed by atoms with E-state index in [1.54, 1.807) is 18.7 Å². The lowest BCUT2D eigenvalue weighted by molar-refractivity contribution is -0.164. The molecule has 0 fully saturated rings. The Kier molecular flexibility index (Phi) is 15.0. The number of carbonyl (C=O) groups excluding carboxylic acids is 2. The molecule has 0 N–H and O–H groups in total. The van der Waals surface area contributed by atoms with E-state index in [1.807, 2.05) is 65.2 Å². The smallest absolute Gasteiger partial charge is 0.333 e. The highest BCUT2D eigenvalue weighted by Gasteiger charge is 2.53. The van der Waals surface area contributed by atoms with Gasteiger partial charge in [0, 0.05) is 18.4 Å². The molecule has 4 atom stereocenters. The summed E-state index contributed by atoms with van der Waals surface area (Å²) in [6, 6.07) is 21.0. The van der Waals surface area contributed by atoms with Crippen LogP contribution < -0.4 is 10.4 Å². The molecule has 2 aromatic carbocycles. The van der Waals surface area contributed by atoms with Crippen LogP contribution in [0.4, 0.5) is 0 Å². The molecule has 1 aliphatic rings. The van der Waals surface area contributed by atoms with Crippen LogP contribution >= 0.6 is 11.8 Å². The third-order valence-electron chi connectivity index (χ3n) is 8.92. The van der Waals surface area contributed by atoms with E-state index in [-0.39, 0.29) is 29.3 Å². The van der Waals surface area contributed by atoms with Crippen molar-refractivity contribution in [2.24, 2.45) is 5.92 Å². The summed E-state index contributed by atoms with van der Waals surface area (Å²) < 4.78 is 26.8. The average Bonchev–Trinajstić information content (AvgIpc) is 3.05. The van der Waals surface area contributed by atoms with Gasteiger partial charge in [0.05, 0.1) is 5.94 Å². The molecule has 0 aromatic heterocycles. The van der Waals surface area contributed by atoms with Gasteiger partial charge in [-0.25, -0.2) is 4.79 Å². The monoisotopic (exact) mass is 692 g/mol. The van der Waals surface area contributed by atoms with E-state index in [0.29, 0.717) is 24.4 Å². The van der Waals surface area contributed by atoms with Gasteiger partial charge >= 0.3 is 11.9 Å². The maximum Gasteiger partial charge on any atom is 0.333 e. The average molecular weight is 693 g/mol. The highest BCUT2D eigenvalue weighted by Crippen LogP contribution is 2.40. The lowest BCUT2D eigenvalue weighted by Gasteiger charge is -2.47. The van der Waals surface area contributed by atoms with Gasteiger partial charge in [0.1, 0.15) is 18.3 Å². The van der Waals surface area contributed by atoms with Gasteiger partial charge in [0.2, 0.25) is 0 Å². The number of hydrogen-bond acceptors (Lipinski definition) is 7. The Bertz CT molecular complexity index is 1390. The first-order chi connectivity index (χ1) is 22.7. The van der Waals surface area contributed by atoms with E-state index in [1.165, 1.54) is 0 Å². The molecular formula is C40H56O6SSi. The van der Waals surface area contributed by atoms with Gasteiger partial charge in [0.25, 0.3) is 8.32 Å². The SMILES string of the molecule is CC=C(C)[C@H]1CC=C(C)[C@@H](O[Si](c2ccccc2)(c2ccccc2)C(C)(C)C)[C@H](OC(=O)CC(C)C)C(OCSC)CC=C(C)C(=O)O1. The second kappa shape index (κ2) is 18.2. The van der Waals surface area contributed by atoms with E-state index in [4.69, 9.17) is 18.6 Å². The highest BCUT2D eigenvalue weighted by atomic mass is 32.2. The van der Waals surface area contributed by atoms with E-state index in [2.05, 4.69) is 75.4 Å². The maximum absolute atomic E-state index is 13.6. The fraction of sp³-hybridized carbons (Fsp3) is 0.500. The van der Waals surface area contributed by atoms with Crippen LogP contribution in [0, 0.1) is 5.92 Å². The van der Waals surface area contributed by atoms with Crippen LogP contribution in [-0.2, 0) is 28.2 Å². The summed E-state index contributed by atoms with van der Waals surface area (Å²) in [7, 11) is -3.13. The Morgan fingerprint density at radius 2 is 1.58 bits per heavy atom. The van der Waals surface area contributed by atoms with Crippen molar-refractivity contribution in [1.29, 1.82) is 0 Å². The minimum absolute atomic E-state index is 0.114. The molecule has 1 aliphatic heterocycles. The summed E-state index contributed by atoms with van der Waals surface area (Å²) >= 11 is 1.55. The summed E-state index contributed by atoms with van der Waals surface area (Å²) in [6.07, 6.45) is 6.45. The minimum atomic E-state index is -3.13. The molecule has 3 rings (SSSR count). The first kappa shape index (κ1) is 39.5. The number of benzene rings is 2. The summed E-state index contributed by atoms with van der Waals surface area (Å²) in [5.74, 6) is -0.169. The van der Waals surface area contributed by atoms with E-state index >= 15 is 0 Å². The summed E-state index contributed by atoms with van der Waals surface area (Å²) in [4.78, 5) is 26.9. The van der Waals surface area contributed by atoms with Gasteiger partial charge < -0.3 is 18.6 Å². The van der Waals surface area contributed by atoms with Gasteiger partial charge in [-0.15, -0.1) is 11.8 Å². The predicted octanol–water partition coefficient (Wildman–Crippen LogP) is 8.16. The Morgan fingerprint density at radius 3 is 2.08 bits per heavy atom. The van der Waals surface area contributed by atoms with E-state index < -0.39 is 32.7 Å². The molecule has 0 saturated heterocycles. The van der Waals surface area contributed by atoms with Crippen LogP contribution in [0.25, 0.3) is 0 Å². The molecule has 1 heterocycles. The van der Waals surface area contributed by atoms with Crippen LogP contribution in [0.15, 0.2) is 95.6 Å². The third kappa shape index (κ3) is 10.1. The number of esters is 2. The first-order valence-corrected chi connectivity index (χ1v) is 20.3. The normalized spacial score (nSPS) is 21.8. The first-order valence-electron chi connectivity index (χ1n) is 17.0. The second-order valence-electron chi connectivity index (χ2n) is 14.1. The summed E-state index contributed by atoms with van der Waals surface area (Å²) in [5.41, 5.74) is 2.34. The number of hydrogen-bond donors (Lipinski definition) is 0. The molecule has 6 nitrogen and oxygen atoms in total. The number of thioether (sulfide) groups is 1. The molecule has 0 spiro atoms. The molecule has 0 radical (unpaired) electrons. The lowest BCUT2D eigenvalue weighted by Crippen LogP contribution is -2.69. The highest BCUT2D eigenvalue weighted by molar-refractivity contribution is 7.98. The molecule has 0 saturated carbocycles. The van der Waals surface area contributed by atoms with Crippen LogP contribution in [-0.4, -0.2) is 56.9 Å².